The van der Waals surface area contributed by atoms with Crippen LogP contribution in [-0.2, 0) is 0 Å². The van der Waals surface area contributed by atoms with Gasteiger partial charge < -0.3 is 10.5 Å². The minimum Gasteiger partial charge on any atom is -0.494 e. The summed E-state index contributed by atoms with van der Waals surface area (Å²) in [5.74, 6) is 0.893. The molecule has 1 atom stereocenters. The predicted molar refractivity (Wildman–Crippen MR) is 77.9 cm³/mol. The van der Waals surface area contributed by atoms with Crippen molar-refractivity contribution < 1.29 is 4.74 Å². The summed E-state index contributed by atoms with van der Waals surface area (Å²) in [6.45, 7) is 4.82. The summed E-state index contributed by atoms with van der Waals surface area (Å²) in [6.07, 6.45) is 2.46. The number of benzene rings is 1. The Balaban J connectivity index is 2.17. The Labute approximate surface area is 114 Å². The van der Waals surface area contributed by atoms with Gasteiger partial charge in [-0.15, -0.1) is 0 Å². The van der Waals surface area contributed by atoms with E-state index in [0.29, 0.717) is 11.6 Å². The molecular formula is C14H20N2OS. The molecule has 1 aromatic carbocycles. The third-order valence-corrected chi connectivity index (χ3v) is 3.51. The van der Waals surface area contributed by atoms with Crippen LogP contribution in [0.2, 0.25) is 0 Å². The molecule has 0 bridgehead atoms. The summed E-state index contributed by atoms with van der Waals surface area (Å²) in [4.78, 5) is 2.92. The van der Waals surface area contributed by atoms with Crippen molar-refractivity contribution in [3.8, 4) is 5.75 Å². The highest BCUT2D eigenvalue weighted by Gasteiger charge is 2.25. The van der Waals surface area contributed by atoms with Crippen LogP contribution in [0.1, 0.15) is 31.4 Å². The normalized spacial score (nSPS) is 17.6. The number of hydrogen-bond donors (Lipinski definition) is 1. The molecule has 2 rings (SSSR count). The third kappa shape index (κ3) is 3.00. The molecule has 4 heteroatoms. The SMILES string of the molecule is CCOc1ccc(C(C(N)=S)N2CCCC2)cc1. The monoisotopic (exact) mass is 264 g/mol. The lowest BCUT2D eigenvalue weighted by atomic mass is 10.1. The zero-order valence-corrected chi connectivity index (χ0v) is 11.6. The molecule has 0 saturated carbocycles. The maximum atomic E-state index is 5.90. The molecule has 0 aliphatic carbocycles. The zero-order valence-electron chi connectivity index (χ0n) is 10.8. The molecule has 0 spiro atoms. The molecule has 0 aromatic heterocycles. The second-order valence-corrected chi connectivity index (χ2v) is 5.02. The van der Waals surface area contributed by atoms with Crippen LogP contribution in [0.5, 0.6) is 5.75 Å². The lowest BCUT2D eigenvalue weighted by Crippen LogP contribution is -2.34. The minimum atomic E-state index is 0.0678. The van der Waals surface area contributed by atoms with Crippen LogP contribution in [-0.4, -0.2) is 29.6 Å². The Morgan fingerprint density at radius 3 is 2.44 bits per heavy atom. The summed E-state index contributed by atoms with van der Waals surface area (Å²) in [6, 6.07) is 8.17. The Morgan fingerprint density at radius 1 is 1.33 bits per heavy atom. The van der Waals surface area contributed by atoms with E-state index < -0.39 is 0 Å². The molecular weight excluding hydrogens is 244 g/mol. The van der Waals surface area contributed by atoms with Crippen molar-refractivity contribution in [3.63, 3.8) is 0 Å². The maximum Gasteiger partial charge on any atom is 0.119 e. The van der Waals surface area contributed by atoms with E-state index in [1.54, 1.807) is 0 Å². The van der Waals surface area contributed by atoms with Crippen molar-refractivity contribution in [2.45, 2.75) is 25.8 Å². The number of rotatable bonds is 5. The summed E-state index contributed by atoms with van der Waals surface area (Å²) in [5.41, 5.74) is 7.06. The van der Waals surface area contributed by atoms with E-state index in [2.05, 4.69) is 17.0 Å². The van der Waals surface area contributed by atoms with Gasteiger partial charge >= 0.3 is 0 Å². The number of ether oxygens (including phenoxy) is 1. The average Bonchev–Trinajstić information content (AvgIpc) is 2.85. The Morgan fingerprint density at radius 2 is 1.94 bits per heavy atom. The first-order valence-electron chi connectivity index (χ1n) is 6.48. The molecule has 3 nitrogen and oxygen atoms in total. The summed E-state index contributed by atoms with van der Waals surface area (Å²) >= 11 is 5.22. The Kier molecular flexibility index (Phi) is 4.55. The highest BCUT2D eigenvalue weighted by atomic mass is 32.1. The highest BCUT2D eigenvalue weighted by Crippen LogP contribution is 2.26. The first-order chi connectivity index (χ1) is 8.72. The van der Waals surface area contributed by atoms with Gasteiger partial charge in [0.2, 0.25) is 0 Å². The molecule has 98 valence electrons. The molecule has 2 N–H and O–H groups in total. The van der Waals surface area contributed by atoms with E-state index >= 15 is 0 Å². The van der Waals surface area contributed by atoms with Gasteiger partial charge in [-0.25, -0.2) is 0 Å². The van der Waals surface area contributed by atoms with E-state index in [4.69, 9.17) is 22.7 Å². The molecule has 0 radical (unpaired) electrons. The maximum absolute atomic E-state index is 5.90. The highest BCUT2D eigenvalue weighted by molar-refractivity contribution is 7.80. The van der Waals surface area contributed by atoms with Crippen LogP contribution in [0.15, 0.2) is 24.3 Å². The van der Waals surface area contributed by atoms with Crippen molar-refractivity contribution in [1.29, 1.82) is 0 Å². The quantitative estimate of drug-likeness (QED) is 0.829. The molecule has 1 aliphatic rings. The van der Waals surface area contributed by atoms with Gasteiger partial charge in [0.1, 0.15) is 5.75 Å². The van der Waals surface area contributed by atoms with Crippen LogP contribution in [0, 0.1) is 0 Å². The standard InChI is InChI=1S/C14H20N2OS/c1-2-17-12-7-5-11(6-8-12)13(14(15)18)16-9-3-4-10-16/h5-8,13H,2-4,9-10H2,1H3,(H2,15,18). The van der Waals surface area contributed by atoms with Gasteiger partial charge in [0, 0.05) is 0 Å². The molecule has 1 fully saturated rings. The smallest absolute Gasteiger partial charge is 0.119 e. The number of likely N-dealkylation sites (tertiary alicyclic amines) is 1. The average molecular weight is 264 g/mol. The lowest BCUT2D eigenvalue weighted by molar-refractivity contribution is 0.304. The number of thiocarbonyl (C=S) groups is 1. The van der Waals surface area contributed by atoms with Gasteiger partial charge in [-0.05, 0) is 50.6 Å². The number of nitrogens with two attached hydrogens (primary N) is 1. The van der Waals surface area contributed by atoms with E-state index in [1.165, 1.54) is 12.8 Å². The van der Waals surface area contributed by atoms with E-state index in [1.807, 2.05) is 19.1 Å². The van der Waals surface area contributed by atoms with Gasteiger partial charge in [-0.3, -0.25) is 4.90 Å². The molecule has 18 heavy (non-hydrogen) atoms. The third-order valence-electron chi connectivity index (χ3n) is 3.28. The summed E-state index contributed by atoms with van der Waals surface area (Å²) in [5, 5.41) is 0. The molecule has 1 aromatic rings. The number of nitrogens with zero attached hydrogens (tertiary/aromatic N) is 1. The fourth-order valence-corrected chi connectivity index (χ4v) is 2.75. The van der Waals surface area contributed by atoms with Gasteiger partial charge in [0.05, 0.1) is 17.6 Å². The number of hydrogen-bond acceptors (Lipinski definition) is 3. The minimum absolute atomic E-state index is 0.0678. The van der Waals surface area contributed by atoms with Crippen molar-refractivity contribution in [2.24, 2.45) is 5.73 Å². The molecule has 1 unspecified atom stereocenters. The summed E-state index contributed by atoms with van der Waals surface area (Å²) in [7, 11) is 0. The van der Waals surface area contributed by atoms with E-state index in [-0.39, 0.29) is 6.04 Å². The van der Waals surface area contributed by atoms with Crippen LogP contribution >= 0.6 is 12.2 Å². The fraction of sp³-hybridized carbons (Fsp3) is 0.500. The molecule has 1 heterocycles. The van der Waals surface area contributed by atoms with E-state index in [0.717, 1.165) is 24.4 Å². The van der Waals surface area contributed by atoms with Crippen LogP contribution in [0.3, 0.4) is 0 Å². The molecule has 1 saturated heterocycles. The zero-order chi connectivity index (χ0) is 13.0. The topological polar surface area (TPSA) is 38.5 Å². The lowest BCUT2D eigenvalue weighted by Gasteiger charge is -2.26. The van der Waals surface area contributed by atoms with Gasteiger partial charge in [-0.1, -0.05) is 24.4 Å². The Hall–Kier alpha value is -1.13. The van der Waals surface area contributed by atoms with Gasteiger partial charge in [0.15, 0.2) is 0 Å². The van der Waals surface area contributed by atoms with Gasteiger partial charge in [-0.2, -0.15) is 0 Å². The van der Waals surface area contributed by atoms with Crippen molar-refractivity contribution in [1.82, 2.24) is 4.90 Å². The van der Waals surface area contributed by atoms with Crippen molar-refractivity contribution in [2.75, 3.05) is 19.7 Å². The van der Waals surface area contributed by atoms with Crippen LogP contribution in [0.4, 0.5) is 0 Å². The van der Waals surface area contributed by atoms with E-state index in [9.17, 15) is 0 Å². The molecule has 1 aliphatic heterocycles. The first-order valence-corrected chi connectivity index (χ1v) is 6.89. The predicted octanol–water partition coefficient (Wildman–Crippen LogP) is 2.51. The molecule has 0 amide bonds. The van der Waals surface area contributed by atoms with Crippen molar-refractivity contribution >= 4 is 17.2 Å². The van der Waals surface area contributed by atoms with Crippen molar-refractivity contribution in [3.05, 3.63) is 29.8 Å². The fourth-order valence-electron chi connectivity index (χ4n) is 2.47. The second-order valence-electron chi connectivity index (χ2n) is 4.55. The van der Waals surface area contributed by atoms with Gasteiger partial charge in [0.25, 0.3) is 0 Å². The Bertz CT molecular complexity index is 399. The second kappa shape index (κ2) is 6.16. The first kappa shape index (κ1) is 13.3. The van der Waals surface area contributed by atoms with Crippen LogP contribution in [0.25, 0.3) is 0 Å². The summed E-state index contributed by atoms with van der Waals surface area (Å²) < 4.78 is 5.45. The van der Waals surface area contributed by atoms with Crippen LogP contribution < -0.4 is 10.5 Å². The largest absolute Gasteiger partial charge is 0.494 e.